The number of nitrogens with zero attached hydrogens (tertiary/aromatic N) is 1. The molecule has 0 N–H and O–H groups in total. The molecule has 0 radical (unpaired) electrons. The number of rotatable bonds is 4. The standard InChI is InChI=1S/C15H22FNO/c1-11(2)13-6-4-12(5-7-13)8-17-9-14(16)15(10-17)18-3/h4-7,11,14-15H,8-10H2,1-3H3. The summed E-state index contributed by atoms with van der Waals surface area (Å²) in [5, 5.41) is 0. The van der Waals surface area contributed by atoms with Crippen LogP contribution in [0, 0.1) is 0 Å². The van der Waals surface area contributed by atoms with Gasteiger partial charge in [-0.25, -0.2) is 4.39 Å². The largest absolute Gasteiger partial charge is 0.377 e. The fourth-order valence-corrected chi connectivity index (χ4v) is 2.43. The van der Waals surface area contributed by atoms with E-state index in [-0.39, 0.29) is 6.10 Å². The lowest BCUT2D eigenvalue weighted by atomic mass is 10.0. The molecule has 1 aromatic rings. The third kappa shape index (κ3) is 3.09. The van der Waals surface area contributed by atoms with Crippen LogP contribution < -0.4 is 0 Å². The molecule has 2 unspecified atom stereocenters. The van der Waals surface area contributed by atoms with Gasteiger partial charge in [0.15, 0.2) is 0 Å². The second-order valence-electron chi connectivity index (χ2n) is 5.38. The molecule has 18 heavy (non-hydrogen) atoms. The Balaban J connectivity index is 1.94. The predicted molar refractivity (Wildman–Crippen MR) is 71.5 cm³/mol. The number of hydrogen-bond donors (Lipinski definition) is 0. The maximum atomic E-state index is 13.5. The van der Waals surface area contributed by atoms with Crippen molar-refractivity contribution >= 4 is 0 Å². The number of hydrogen-bond acceptors (Lipinski definition) is 2. The number of halogens is 1. The van der Waals surface area contributed by atoms with E-state index in [1.165, 1.54) is 11.1 Å². The molecule has 0 bridgehead atoms. The molecule has 1 saturated heterocycles. The van der Waals surface area contributed by atoms with Crippen molar-refractivity contribution in [2.45, 2.75) is 38.6 Å². The fraction of sp³-hybridized carbons (Fsp3) is 0.600. The Bertz CT molecular complexity index is 377. The summed E-state index contributed by atoms with van der Waals surface area (Å²) in [4.78, 5) is 2.11. The van der Waals surface area contributed by atoms with E-state index in [0.29, 0.717) is 19.0 Å². The van der Waals surface area contributed by atoms with Crippen LogP contribution in [0.1, 0.15) is 30.9 Å². The van der Waals surface area contributed by atoms with Crippen LogP contribution in [0.5, 0.6) is 0 Å². The molecule has 1 heterocycles. The van der Waals surface area contributed by atoms with Crippen molar-refractivity contribution in [2.24, 2.45) is 0 Å². The summed E-state index contributed by atoms with van der Waals surface area (Å²) < 4.78 is 18.7. The monoisotopic (exact) mass is 251 g/mol. The highest BCUT2D eigenvalue weighted by Crippen LogP contribution is 2.20. The van der Waals surface area contributed by atoms with Crippen molar-refractivity contribution in [3.63, 3.8) is 0 Å². The van der Waals surface area contributed by atoms with Crippen LogP contribution in [-0.4, -0.2) is 37.4 Å². The van der Waals surface area contributed by atoms with Gasteiger partial charge in [0.05, 0.1) is 0 Å². The van der Waals surface area contributed by atoms with Crippen molar-refractivity contribution in [2.75, 3.05) is 20.2 Å². The Morgan fingerprint density at radius 3 is 2.44 bits per heavy atom. The quantitative estimate of drug-likeness (QED) is 0.815. The molecule has 0 aromatic heterocycles. The van der Waals surface area contributed by atoms with E-state index in [1.54, 1.807) is 7.11 Å². The number of likely N-dealkylation sites (tertiary alicyclic amines) is 1. The number of ether oxygens (including phenoxy) is 1. The topological polar surface area (TPSA) is 12.5 Å². The molecule has 2 nitrogen and oxygen atoms in total. The molecule has 2 rings (SSSR count). The van der Waals surface area contributed by atoms with Crippen molar-refractivity contribution in [3.8, 4) is 0 Å². The molecule has 1 aromatic carbocycles. The average molecular weight is 251 g/mol. The second-order valence-corrected chi connectivity index (χ2v) is 5.38. The smallest absolute Gasteiger partial charge is 0.140 e. The van der Waals surface area contributed by atoms with Crippen LogP contribution in [0.4, 0.5) is 4.39 Å². The first kappa shape index (κ1) is 13.5. The number of benzene rings is 1. The van der Waals surface area contributed by atoms with Crippen molar-refractivity contribution in [3.05, 3.63) is 35.4 Å². The molecule has 1 aliphatic heterocycles. The van der Waals surface area contributed by atoms with Crippen LogP contribution >= 0.6 is 0 Å². The Kier molecular flexibility index (Phi) is 4.36. The summed E-state index contributed by atoms with van der Waals surface area (Å²) in [6.45, 7) is 6.34. The normalized spacial score (nSPS) is 24.9. The molecule has 3 heteroatoms. The summed E-state index contributed by atoms with van der Waals surface area (Å²) in [5.41, 5.74) is 2.58. The molecule has 1 fully saturated rings. The van der Waals surface area contributed by atoms with E-state index in [4.69, 9.17) is 4.74 Å². The summed E-state index contributed by atoms with van der Waals surface area (Å²) >= 11 is 0. The van der Waals surface area contributed by atoms with Crippen molar-refractivity contribution in [1.29, 1.82) is 0 Å². The number of methoxy groups -OCH3 is 1. The van der Waals surface area contributed by atoms with Crippen LogP contribution in [-0.2, 0) is 11.3 Å². The zero-order valence-corrected chi connectivity index (χ0v) is 11.4. The molecule has 0 aliphatic carbocycles. The summed E-state index contributed by atoms with van der Waals surface area (Å²) in [7, 11) is 1.58. The van der Waals surface area contributed by atoms with Crippen LogP contribution in [0.2, 0.25) is 0 Å². The molecule has 2 atom stereocenters. The SMILES string of the molecule is COC1CN(Cc2ccc(C(C)C)cc2)CC1F. The summed E-state index contributed by atoms with van der Waals surface area (Å²) in [6, 6.07) is 8.61. The minimum atomic E-state index is -0.857. The summed E-state index contributed by atoms with van der Waals surface area (Å²) in [6.07, 6.45) is -1.12. The maximum Gasteiger partial charge on any atom is 0.140 e. The van der Waals surface area contributed by atoms with Crippen LogP contribution in [0.3, 0.4) is 0 Å². The van der Waals surface area contributed by atoms with Gasteiger partial charge in [-0.15, -0.1) is 0 Å². The molecule has 0 spiro atoms. The van der Waals surface area contributed by atoms with Gasteiger partial charge in [0.25, 0.3) is 0 Å². The lowest BCUT2D eigenvalue weighted by Gasteiger charge is -2.15. The Morgan fingerprint density at radius 2 is 1.94 bits per heavy atom. The molecule has 1 aliphatic rings. The molecule has 0 amide bonds. The van der Waals surface area contributed by atoms with Gasteiger partial charge in [-0.05, 0) is 17.0 Å². The van der Waals surface area contributed by atoms with Crippen molar-refractivity contribution < 1.29 is 9.13 Å². The highest BCUT2D eigenvalue weighted by Gasteiger charge is 2.32. The Labute approximate surface area is 109 Å². The number of alkyl halides is 1. The van der Waals surface area contributed by atoms with E-state index >= 15 is 0 Å². The molecule has 0 saturated carbocycles. The highest BCUT2D eigenvalue weighted by atomic mass is 19.1. The van der Waals surface area contributed by atoms with Gasteiger partial charge in [-0.1, -0.05) is 38.1 Å². The average Bonchev–Trinajstić information content (AvgIpc) is 2.70. The first-order valence-electron chi connectivity index (χ1n) is 6.58. The van der Waals surface area contributed by atoms with E-state index < -0.39 is 6.17 Å². The van der Waals surface area contributed by atoms with Gasteiger partial charge in [0.2, 0.25) is 0 Å². The zero-order valence-electron chi connectivity index (χ0n) is 11.4. The first-order chi connectivity index (χ1) is 8.60. The molecular weight excluding hydrogens is 229 g/mol. The highest BCUT2D eigenvalue weighted by molar-refractivity contribution is 5.24. The van der Waals surface area contributed by atoms with Crippen LogP contribution in [0.25, 0.3) is 0 Å². The van der Waals surface area contributed by atoms with Crippen molar-refractivity contribution in [1.82, 2.24) is 4.90 Å². The minimum Gasteiger partial charge on any atom is -0.377 e. The zero-order chi connectivity index (χ0) is 13.1. The molecule has 100 valence electrons. The Hall–Kier alpha value is -0.930. The van der Waals surface area contributed by atoms with Gasteiger partial charge in [0, 0.05) is 26.7 Å². The Morgan fingerprint density at radius 1 is 1.28 bits per heavy atom. The summed E-state index contributed by atoms with van der Waals surface area (Å²) in [5.74, 6) is 0.555. The lowest BCUT2D eigenvalue weighted by molar-refractivity contribution is 0.0621. The van der Waals surface area contributed by atoms with E-state index in [9.17, 15) is 4.39 Å². The molecular formula is C15H22FNO. The van der Waals surface area contributed by atoms with Gasteiger partial charge in [-0.2, -0.15) is 0 Å². The predicted octanol–water partition coefficient (Wildman–Crippen LogP) is 2.98. The second kappa shape index (κ2) is 5.81. The third-order valence-electron chi connectivity index (χ3n) is 3.63. The van der Waals surface area contributed by atoms with E-state index in [1.807, 2.05) is 0 Å². The van der Waals surface area contributed by atoms with Gasteiger partial charge >= 0.3 is 0 Å². The minimum absolute atomic E-state index is 0.264. The van der Waals surface area contributed by atoms with Gasteiger partial charge < -0.3 is 4.74 Å². The fourth-order valence-electron chi connectivity index (χ4n) is 2.43. The van der Waals surface area contributed by atoms with E-state index in [0.717, 1.165) is 6.54 Å². The van der Waals surface area contributed by atoms with Crippen LogP contribution in [0.15, 0.2) is 24.3 Å². The van der Waals surface area contributed by atoms with Gasteiger partial charge in [-0.3, -0.25) is 4.90 Å². The third-order valence-corrected chi connectivity index (χ3v) is 3.63. The van der Waals surface area contributed by atoms with Gasteiger partial charge in [0.1, 0.15) is 12.3 Å². The maximum absolute atomic E-state index is 13.5. The lowest BCUT2D eigenvalue weighted by Crippen LogP contribution is -2.23. The van der Waals surface area contributed by atoms with E-state index in [2.05, 4.69) is 43.0 Å². The first-order valence-corrected chi connectivity index (χ1v) is 6.58.